The fraction of sp³-hybridized carbons (Fsp3) is 0.133. The predicted molar refractivity (Wildman–Crippen MR) is 420 cm³/mol. The molecule has 8 rings (SSSR count). The maximum atomic E-state index is 10.4. The van der Waals surface area contributed by atoms with E-state index in [0.29, 0.717) is 79.7 Å². The summed E-state index contributed by atoms with van der Waals surface area (Å²) in [6.07, 6.45) is 20.2. The summed E-state index contributed by atoms with van der Waals surface area (Å²) in [7, 11) is 16.8. The van der Waals surface area contributed by atoms with E-state index in [1.54, 1.807) is 156 Å². The van der Waals surface area contributed by atoms with Gasteiger partial charge in [-0.3, -0.25) is 0 Å². The molecule has 29 nitrogen and oxygen atoms in total. The number of benzene rings is 8. The van der Waals surface area contributed by atoms with E-state index in [9.17, 15) is 38.4 Å². The average Bonchev–Trinajstić information content (AvgIpc) is 0.782. The molecule has 0 unspecified atom stereocenters. The smallest absolute Gasteiger partial charge is 0.328 e. The molecule has 0 aliphatic heterocycles. The number of rotatable bonds is 27. The van der Waals surface area contributed by atoms with Gasteiger partial charge in [-0.2, -0.15) is 0 Å². The SMILES string of the molecule is COc1cc(/C=C/C(=O)O)cc(OC)c1OC.COc1ccc(/C=C/C(=O)O)cc1.COc1ccc(/C=C/C(=O)O)cc1OC.COc1ccc(OC)c(/C=C/C(=O)O)c1.COc1cccc(/C=C/C(=O)O)c1OC.COc1ccccc1/C=C/C(=O)O.O=C(O)/C=C/c1ccc(O)cc1.O=C(O)/C=C/c1cccc(O)c1. The Morgan fingerprint density at radius 2 is 0.554 bits per heavy atom. The third-order valence-corrected chi connectivity index (χ3v) is 13.3. The van der Waals surface area contributed by atoms with Gasteiger partial charge in [0.2, 0.25) is 5.75 Å². The molecule has 0 heterocycles. The van der Waals surface area contributed by atoms with Crippen molar-refractivity contribution in [3.63, 3.8) is 0 Å². The van der Waals surface area contributed by atoms with Gasteiger partial charge in [-0.05, 0) is 167 Å². The molecule has 592 valence electrons. The first-order chi connectivity index (χ1) is 53.5. The Hall–Kier alpha value is -15.2. The molecule has 0 saturated carbocycles. The molecule has 0 atom stereocenters. The van der Waals surface area contributed by atoms with Crippen LogP contribution >= 0.6 is 0 Å². The Labute approximate surface area is 645 Å². The number of carboxylic acids is 8. The highest BCUT2D eigenvalue weighted by Gasteiger charge is 2.13. The fourth-order valence-electron chi connectivity index (χ4n) is 8.22. The number of ether oxygens (including phenoxy) is 11. The van der Waals surface area contributed by atoms with Crippen LogP contribution in [0.15, 0.2) is 212 Å². The molecule has 0 aromatic heterocycles. The van der Waals surface area contributed by atoms with Gasteiger partial charge in [-0.1, -0.05) is 72.8 Å². The molecule has 0 spiro atoms. The number of aliphatic carboxylic acids is 8. The average molecular weight is 1550 g/mol. The summed E-state index contributed by atoms with van der Waals surface area (Å²) < 4.78 is 55.9. The Kier molecular flexibility index (Phi) is 46.1. The topological polar surface area (TPSA) is 440 Å². The van der Waals surface area contributed by atoms with Crippen molar-refractivity contribution >= 4 is 96.4 Å². The van der Waals surface area contributed by atoms with Gasteiger partial charge in [-0.25, -0.2) is 38.4 Å². The van der Waals surface area contributed by atoms with Gasteiger partial charge in [-0.15, -0.1) is 0 Å². The van der Waals surface area contributed by atoms with Crippen LogP contribution in [0, 0.1) is 0 Å². The number of para-hydroxylation sites is 2. The number of phenolic OH excluding ortho intramolecular Hbond substituents is 2. The lowest BCUT2D eigenvalue weighted by Crippen LogP contribution is -1.95. The summed E-state index contributed by atoms with van der Waals surface area (Å²) in [5, 5.41) is 85.3. The molecule has 29 heteroatoms. The Bertz CT molecular complexity index is 4510. The lowest BCUT2D eigenvalue weighted by Gasteiger charge is -2.12. The van der Waals surface area contributed by atoms with Crippen molar-refractivity contribution in [3.05, 3.63) is 257 Å². The highest BCUT2D eigenvalue weighted by molar-refractivity contribution is 5.89. The molecule has 8 aromatic rings. The zero-order valence-corrected chi connectivity index (χ0v) is 62.6. The Morgan fingerprint density at radius 1 is 0.223 bits per heavy atom. The van der Waals surface area contributed by atoms with Crippen molar-refractivity contribution in [2.45, 2.75) is 0 Å². The minimum Gasteiger partial charge on any atom is -0.508 e. The van der Waals surface area contributed by atoms with Gasteiger partial charge < -0.3 is 103 Å². The zero-order chi connectivity index (χ0) is 83.9. The van der Waals surface area contributed by atoms with Crippen LogP contribution in [0.5, 0.6) is 74.7 Å². The first-order valence-electron chi connectivity index (χ1n) is 32.1. The van der Waals surface area contributed by atoms with Gasteiger partial charge >= 0.3 is 47.8 Å². The van der Waals surface area contributed by atoms with Crippen LogP contribution in [0.3, 0.4) is 0 Å². The van der Waals surface area contributed by atoms with Crippen molar-refractivity contribution in [2.75, 3.05) is 78.2 Å². The third kappa shape index (κ3) is 40.4. The standard InChI is InChI=1S/C12H14O5.3C11H12O4.2C10H10O3.2C9H8O3/c1-15-9-6-8(4-5-11(13)14)7-10(16-2)12(9)17-3;1-14-9-4-5-10(15-2)8(7-9)3-6-11(12)13;1-14-9-5-3-8(4-6-11(12)13)7-10(9)15-2;1-14-9-5-3-4-8(11(9)15-2)6-7-10(12)13;1-13-9-5-2-8(3-6-9)4-7-10(11)12;1-13-9-5-3-2-4-8(9)6-7-10(11)12;10-8-4-1-7(2-5-8)3-6-9(11)12;10-8-3-1-2-7(6-8)4-5-9(11)12/h4-7H,1-3H3,(H,13,14);3*3-7H,1-2H3,(H,12,13);2*2-7H,1H3,(H,11,12);2*1-6,10H,(H,11,12)/b5-4+;6-3+;6-4+;7-6+;7-4+;7-6+;6-3+;5-4+. The minimum atomic E-state index is -1.02. The lowest BCUT2D eigenvalue weighted by atomic mass is 10.1. The second-order valence-electron chi connectivity index (χ2n) is 20.8. The van der Waals surface area contributed by atoms with Crippen molar-refractivity contribution in [1.82, 2.24) is 0 Å². The van der Waals surface area contributed by atoms with Crippen molar-refractivity contribution in [1.29, 1.82) is 0 Å². The molecule has 0 aliphatic rings. The molecule has 10 N–H and O–H groups in total. The number of carboxylic acid groups (broad SMARTS) is 8. The molecule has 0 amide bonds. The van der Waals surface area contributed by atoms with Crippen molar-refractivity contribution in [2.24, 2.45) is 0 Å². The van der Waals surface area contributed by atoms with E-state index in [0.717, 1.165) is 76.6 Å². The normalized spacial score (nSPS) is 10.3. The van der Waals surface area contributed by atoms with Crippen LogP contribution in [-0.2, 0) is 38.4 Å². The summed E-state index contributed by atoms with van der Waals surface area (Å²) >= 11 is 0. The van der Waals surface area contributed by atoms with Gasteiger partial charge in [0.25, 0.3) is 0 Å². The van der Waals surface area contributed by atoms with Gasteiger partial charge in [0.1, 0.15) is 34.5 Å². The fourth-order valence-corrected chi connectivity index (χ4v) is 8.22. The third-order valence-electron chi connectivity index (χ3n) is 13.3. The first-order valence-corrected chi connectivity index (χ1v) is 32.1. The van der Waals surface area contributed by atoms with Crippen LogP contribution in [0.1, 0.15) is 44.5 Å². The molecule has 112 heavy (non-hydrogen) atoms. The molecule has 0 fully saturated rings. The number of carbonyl (C=O) groups is 8. The quantitative estimate of drug-likeness (QED) is 0.0214. The molecule has 0 aliphatic carbocycles. The van der Waals surface area contributed by atoms with E-state index in [1.807, 2.05) is 12.1 Å². The molecular formula is C83H86O29. The number of hydrogen-bond acceptors (Lipinski definition) is 21. The lowest BCUT2D eigenvalue weighted by molar-refractivity contribution is -0.132. The van der Waals surface area contributed by atoms with Crippen molar-refractivity contribution < 1.29 is 142 Å². The highest BCUT2D eigenvalue weighted by atomic mass is 16.5. The largest absolute Gasteiger partial charge is 0.508 e. The second kappa shape index (κ2) is 54.4. The Balaban J connectivity index is 0.000000641. The maximum Gasteiger partial charge on any atom is 0.328 e. The van der Waals surface area contributed by atoms with Crippen LogP contribution in [0.4, 0.5) is 0 Å². The van der Waals surface area contributed by atoms with Crippen LogP contribution in [-0.4, -0.2) is 177 Å². The van der Waals surface area contributed by atoms with Crippen LogP contribution < -0.4 is 52.1 Å². The molecule has 0 radical (unpaired) electrons. The number of hydrogen-bond donors (Lipinski definition) is 10. The molecule has 0 saturated heterocycles. The van der Waals surface area contributed by atoms with Gasteiger partial charge in [0, 0.05) is 65.3 Å². The monoisotopic (exact) mass is 1550 g/mol. The maximum absolute atomic E-state index is 10.4. The Morgan fingerprint density at radius 3 is 0.982 bits per heavy atom. The minimum absolute atomic E-state index is 0.127. The van der Waals surface area contributed by atoms with E-state index in [1.165, 1.54) is 123 Å². The van der Waals surface area contributed by atoms with Gasteiger partial charge in [0.05, 0.1) is 78.2 Å². The number of phenols is 2. The highest BCUT2D eigenvalue weighted by Crippen LogP contribution is 2.39. The second-order valence-corrected chi connectivity index (χ2v) is 20.8. The van der Waals surface area contributed by atoms with E-state index in [4.69, 9.17) is 103 Å². The molecular weight excluding hydrogens is 1460 g/mol. The van der Waals surface area contributed by atoms with E-state index < -0.39 is 47.8 Å². The predicted octanol–water partition coefficient (Wildman–Crippen LogP) is 13.8. The van der Waals surface area contributed by atoms with E-state index >= 15 is 0 Å². The van der Waals surface area contributed by atoms with E-state index in [-0.39, 0.29) is 11.5 Å². The van der Waals surface area contributed by atoms with Crippen LogP contribution in [0.25, 0.3) is 48.6 Å². The van der Waals surface area contributed by atoms with E-state index in [2.05, 4.69) is 0 Å². The van der Waals surface area contributed by atoms with Crippen molar-refractivity contribution in [3.8, 4) is 74.7 Å². The summed E-state index contributed by atoms with van der Waals surface area (Å²) in [6.45, 7) is 0. The number of aromatic hydroxyl groups is 2. The molecule has 8 aromatic carbocycles. The number of methoxy groups -OCH3 is 11. The van der Waals surface area contributed by atoms with Gasteiger partial charge in [0.15, 0.2) is 34.5 Å². The summed E-state index contributed by atoms with van der Waals surface area (Å²) in [4.78, 5) is 82.1. The van der Waals surface area contributed by atoms with Crippen LogP contribution in [0.2, 0.25) is 0 Å². The summed E-state index contributed by atoms with van der Waals surface area (Å²) in [5.74, 6) is -1.19. The summed E-state index contributed by atoms with van der Waals surface area (Å²) in [5.41, 5.74) is 5.73. The zero-order valence-electron chi connectivity index (χ0n) is 62.6. The molecule has 0 bridgehead atoms. The summed E-state index contributed by atoms with van der Waals surface area (Å²) in [6, 6.07) is 46.0. The first kappa shape index (κ1) is 94.9.